The van der Waals surface area contributed by atoms with Gasteiger partial charge in [-0.15, -0.1) is 0 Å². The van der Waals surface area contributed by atoms with Gasteiger partial charge in [-0.25, -0.2) is 4.98 Å². The Hall–Kier alpha value is -4.19. The third kappa shape index (κ3) is 3.17. The molecule has 0 saturated carbocycles. The Balaban J connectivity index is 1.75. The Labute approximate surface area is 184 Å². The third-order valence-corrected chi connectivity index (χ3v) is 5.46. The van der Waals surface area contributed by atoms with E-state index in [-0.39, 0.29) is 11.2 Å². The van der Waals surface area contributed by atoms with Crippen molar-refractivity contribution in [1.29, 1.82) is 0 Å². The molecule has 2 aromatic heterocycles. The van der Waals surface area contributed by atoms with Crippen molar-refractivity contribution in [2.24, 2.45) is 0 Å². The lowest BCUT2D eigenvalue weighted by Gasteiger charge is -2.24. The summed E-state index contributed by atoms with van der Waals surface area (Å²) in [5.74, 6) is 0.697. The van der Waals surface area contributed by atoms with E-state index in [4.69, 9.17) is 9.15 Å². The molecule has 0 N–H and O–H groups in total. The fourth-order valence-electron chi connectivity index (χ4n) is 4.00. The molecule has 1 atom stereocenters. The number of carbonyl (C=O) groups is 1. The van der Waals surface area contributed by atoms with E-state index in [9.17, 15) is 9.59 Å². The number of aromatic nitrogens is 1. The molecule has 0 fully saturated rings. The lowest BCUT2D eigenvalue weighted by atomic mass is 9.98. The molecule has 6 heteroatoms. The van der Waals surface area contributed by atoms with Crippen LogP contribution in [0.4, 0.5) is 5.82 Å². The van der Waals surface area contributed by atoms with Crippen LogP contribution in [0.1, 0.15) is 33.3 Å². The predicted octanol–water partition coefficient (Wildman–Crippen LogP) is 4.81. The minimum Gasteiger partial charge on any atom is -0.490 e. The smallest absolute Gasteiger partial charge is 0.296 e. The summed E-state index contributed by atoms with van der Waals surface area (Å²) in [5.41, 5.74) is 2.15. The molecule has 4 aromatic rings. The van der Waals surface area contributed by atoms with Gasteiger partial charge in [0.15, 0.2) is 5.43 Å². The molecular formula is C26H20N2O4. The summed E-state index contributed by atoms with van der Waals surface area (Å²) in [7, 11) is 0. The van der Waals surface area contributed by atoms with Crippen LogP contribution in [0, 0.1) is 6.92 Å². The van der Waals surface area contributed by atoms with Crippen molar-refractivity contribution in [2.75, 3.05) is 11.5 Å². The minimum absolute atomic E-state index is 0.0403. The van der Waals surface area contributed by atoms with Crippen LogP contribution in [0.5, 0.6) is 5.75 Å². The Kier molecular flexibility index (Phi) is 4.82. The number of amides is 1. The van der Waals surface area contributed by atoms with E-state index in [1.807, 2.05) is 37.3 Å². The lowest BCUT2D eigenvalue weighted by molar-refractivity contribution is 0.0970. The summed E-state index contributed by atoms with van der Waals surface area (Å²) in [6.07, 6.45) is 3.35. The third-order valence-electron chi connectivity index (χ3n) is 5.46. The number of para-hydroxylation sites is 1. The average molecular weight is 424 g/mol. The fourth-order valence-corrected chi connectivity index (χ4v) is 4.00. The first-order valence-corrected chi connectivity index (χ1v) is 10.2. The SMILES string of the molecule is C=CCOc1cccc([C@H]2c3c(oc4ccccc4c3=O)C(=O)N2c2ccc(C)cn2)c1. The minimum atomic E-state index is -0.694. The van der Waals surface area contributed by atoms with Gasteiger partial charge in [0, 0.05) is 6.20 Å². The van der Waals surface area contributed by atoms with Gasteiger partial charge < -0.3 is 9.15 Å². The largest absolute Gasteiger partial charge is 0.490 e. The topological polar surface area (TPSA) is 72.6 Å². The van der Waals surface area contributed by atoms with Crippen molar-refractivity contribution in [2.45, 2.75) is 13.0 Å². The van der Waals surface area contributed by atoms with Crippen molar-refractivity contribution < 1.29 is 13.9 Å². The lowest BCUT2D eigenvalue weighted by Crippen LogP contribution is -2.30. The number of pyridine rings is 1. The molecule has 0 radical (unpaired) electrons. The Morgan fingerprint density at radius 3 is 2.75 bits per heavy atom. The number of ether oxygens (including phenoxy) is 1. The van der Waals surface area contributed by atoms with E-state index in [1.165, 1.54) is 4.90 Å². The van der Waals surface area contributed by atoms with Crippen molar-refractivity contribution >= 4 is 22.7 Å². The van der Waals surface area contributed by atoms with Gasteiger partial charge in [-0.05, 0) is 48.4 Å². The number of hydrogen-bond acceptors (Lipinski definition) is 5. The molecule has 158 valence electrons. The predicted molar refractivity (Wildman–Crippen MR) is 122 cm³/mol. The van der Waals surface area contributed by atoms with Crippen LogP contribution in [0.15, 0.2) is 88.7 Å². The van der Waals surface area contributed by atoms with Gasteiger partial charge in [0.1, 0.15) is 23.8 Å². The van der Waals surface area contributed by atoms with Crippen LogP contribution < -0.4 is 15.1 Å². The first kappa shape index (κ1) is 19.8. The quantitative estimate of drug-likeness (QED) is 0.430. The van der Waals surface area contributed by atoms with Gasteiger partial charge in [-0.3, -0.25) is 14.5 Å². The number of hydrogen-bond donors (Lipinski definition) is 0. The molecule has 5 rings (SSSR count). The average Bonchev–Trinajstić information content (AvgIpc) is 3.11. The van der Waals surface area contributed by atoms with E-state index < -0.39 is 11.9 Å². The number of rotatable bonds is 5. The van der Waals surface area contributed by atoms with Crippen LogP contribution in [-0.2, 0) is 0 Å². The van der Waals surface area contributed by atoms with Crippen LogP contribution in [-0.4, -0.2) is 17.5 Å². The van der Waals surface area contributed by atoms with Crippen LogP contribution in [0.2, 0.25) is 0 Å². The van der Waals surface area contributed by atoms with Gasteiger partial charge in [-0.2, -0.15) is 0 Å². The molecule has 1 amide bonds. The number of benzene rings is 2. The molecule has 0 bridgehead atoms. The molecule has 0 unspecified atom stereocenters. The highest BCUT2D eigenvalue weighted by atomic mass is 16.5. The molecule has 32 heavy (non-hydrogen) atoms. The summed E-state index contributed by atoms with van der Waals surface area (Å²) in [5, 5.41) is 0.432. The second-order valence-corrected chi connectivity index (χ2v) is 7.61. The second-order valence-electron chi connectivity index (χ2n) is 7.61. The van der Waals surface area contributed by atoms with Crippen LogP contribution in [0.25, 0.3) is 11.0 Å². The molecule has 0 saturated heterocycles. The number of carbonyl (C=O) groups excluding carboxylic acids is 1. The summed E-state index contributed by atoms with van der Waals surface area (Å²) < 4.78 is 11.6. The van der Waals surface area contributed by atoms with E-state index >= 15 is 0 Å². The summed E-state index contributed by atoms with van der Waals surface area (Å²) in [6, 6.07) is 17.3. The number of fused-ring (bicyclic) bond motifs is 2. The van der Waals surface area contributed by atoms with Crippen LogP contribution in [0.3, 0.4) is 0 Å². The molecular weight excluding hydrogens is 404 g/mol. The van der Waals surface area contributed by atoms with Crippen molar-refractivity contribution in [1.82, 2.24) is 4.98 Å². The van der Waals surface area contributed by atoms with Gasteiger partial charge in [0.25, 0.3) is 5.91 Å². The summed E-state index contributed by atoms with van der Waals surface area (Å²) >= 11 is 0. The number of anilines is 1. The van der Waals surface area contributed by atoms with E-state index in [1.54, 1.807) is 42.6 Å². The number of aryl methyl sites for hydroxylation is 1. The van der Waals surface area contributed by atoms with E-state index in [2.05, 4.69) is 11.6 Å². The summed E-state index contributed by atoms with van der Waals surface area (Å²) in [6.45, 7) is 5.95. The molecule has 3 heterocycles. The monoisotopic (exact) mass is 424 g/mol. The van der Waals surface area contributed by atoms with E-state index in [0.29, 0.717) is 34.7 Å². The molecule has 0 spiro atoms. The maximum absolute atomic E-state index is 13.5. The summed E-state index contributed by atoms with van der Waals surface area (Å²) in [4.78, 5) is 33.0. The van der Waals surface area contributed by atoms with Crippen molar-refractivity contribution in [3.63, 3.8) is 0 Å². The first-order chi connectivity index (χ1) is 15.6. The fraction of sp³-hybridized carbons (Fsp3) is 0.115. The molecule has 1 aliphatic rings. The standard InChI is InChI=1S/C26H20N2O4/c1-3-13-31-18-8-6-7-17(14-18)23-22-24(29)19-9-4-5-10-20(19)32-25(22)26(30)28(23)21-12-11-16(2)15-27-21/h3-12,14-15,23H,1,13H2,2H3/t23-/m0/s1. The second kappa shape index (κ2) is 7.81. The highest BCUT2D eigenvalue weighted by molar-refractivity contribution is 6.10. The molecule has 2 aromatic carbocycles. The molecule has 0 aliphatic carbocycles. The zero-order valence-corrected chi connectivity index (χ0v) is 17.4. The van der Waals surface area contributed by atoms with Gasteiger partial charge in [0.2, 0.25) is 5.76 Å². The van der Waals surface area contributed by atoms with Gasteiger partial charge in [-0.1, -0.05) is 43.0 Å². The zero-order chi connectivity index (χ0) is 22.2. The van der Waals surface area contributed by atoms with Crippen molar-refractivity contribution in [3.05, 3.63) is 112 Å². The number of nitrogens with zero attached hydrogens (tertiary/aromatic N) is 2. The Morgan fingerprint density at radius 1 is 1.12 bits per heavy atom. The maximum Gasteiger partial charge on any atom is 0.296 e. The maximum atomic E-state index is 13.5. The normalized spacial score (nSPS) is 15.1. The first-order valence-electron chi connectivity index (χ1n) is 10.2. The van der Waals surface area contributed by atoms with E-state index in [0.717, 1.165) is 11.1 Å². The van der Waals surface area contributed by atoms with Gasteiger partial charge >= 0.3 is 0 Å². The Morgan fingerprint density at radius 2 is 1.97 bits per heavy atom. The molecule has 6 nitrogen and oxygen atoms in total. The van der Waals surface area contributed by atoms with Crippen LogP contribution >= 0.6 is 0 Å². The van der Waals surface area contributed by atoms with Gasteiger partial charge in [0.05, 0.1) is 17.0 Å². The zero-order valence-electron chi connectivity index (χ0n) is 17.4. The highest BCUT2D eigenvalue weighted by Crippen LogP contribution is 2.41. The highest BCUT2D eigenvalue weighted by Gasteiger charge is 2.44. The molecule has 1 aliphatic heterocycles. The Bertz CT molecular complexity index is 1410. The van der Waals surface area contributed by atoms with Crippen molar-refractivity contribution in [3.8, 4) is 5.75 Å².